The van der Waals surface area contributed by atoms with E-state index in [0.717, 1.165) is 0 Å². The van der Waals surface area contributed by atoms with Crippen molar-refractivity contribution in [3.8, 4) is 11.4 Å². The molecule has 2 rings (SSSR count). The second-order valence-electron chi connectivity index (χ2n) is 4.50. The first kappa shape index (κ1) is 12.3. The topological polar surface area (TPSA) is 76.2 Å². The van der Waals surface area contributed by atoms with E-state index in [9.17, 15) is 4.79 Å². The first-order valence-electron chi connectivity index (χ1n) is 5.72. The van der Waals surface area contributed by atoms with Crippen molar-refractivity contribution in [1.82, 2.24) is 10.1 Å². The van der Waals surface area contributed by atoms with Crippen LogP contribution in [-0.2, 0) is 6.42 Å². The molecule has 0 saturated carbocycles. The molecule has 0 aliphatic heterocycles. The minimum absolute atomic E-state index is 0.211. The zero-order valence-electron chi connectivity index (χ0n) is 10.3. The summed E-state index contributed by atoms with van der Waals surface area (Å²) < 4.78 is 5.12. The van der Waals surface area contributed by atoms with Gasteiger partial charge in [-0.05, 0) is 18.1 Å². The summed E-state index contributed by atoms with van der Waals surface area (Å²) in [5.74, 6) is 0.459. The van der Waals surface area contributed by atoms with E-state index < -0.39 is 5.97 Å². The van der Waals surface area contributed by atoms with Crippen LogP contribution in [0.1, 0.15) is 30.1 Å². The summed E-state index contributed by atoms with van der Waals surface area (Å²) in [5, 5.41) is 12.8. The van der Waals surface area contributed by atoms with Crippen molar-refractivity contribution in [2.45, 2.75) is 20.3 Å². The van der Waals surface area contributed by atoms with Crippen molar-refractivity contribution in [2.24, 2.45) is 5.92 Å². The molecule has 94 valence electrons. The summed E-state index contributed by atoms with van der Waals surface area (Å²) in [6, 6.07) is 6.49. The first-order valence-corrected chi connectivity index (χ1v) is 5.72. The molecule has 1 heterocycles. The molecule has 0 amide bonds. The third kappa shape index (κ3) is 2.74. The van der Waals surface area contributed by atoms with Crippen LogP contribution in [-0.4, -0.2) is 21.2 Å². The van der Waals surface area contributed by atoms with Gasteiger partial charge in [-0.1, -0.05) is 31.1 Å². The molecule has 0 atom stereocenters. The van der Waals surface area contributed by atoms with Crippen LogP contribution in [0.4, 0.5) is 0 Å². The number of benzene rings is 1. The second kappa shape index (κ2) is 5.00. The number of hydrogen-bond donors (Lipinski definition) is 1. The summed E-state index contributed by atoms with van der Waals surface area (Å²) in [6.07, 6.45) is 0.714. The number of hydrogen-bond acceptors (Lipinski definition) is 4. The zero-order valence-corrected chi connectivity index (χ0v) is 10.3. The Morgan fingerprint density at radius 1 is 1.44 bits per heavy atom. The van der Waals surface area contributed by atoms with Gasteiger partial charge in [0.15, 0.2) is 0 Å². The van der Waals surface area contributed by atoms with E-state index in [2.05, 4.69) is 24.0 Å². The SMILES string of the molecule is CC(C)Cc1nc(-c2cccc(C(=O)O)c2)no1. The number of rotatable bonds is 4. The van der Waals surface area contributed by atoms with E-state index in [1.54, 1.807) is 12.1 Å². The van der Waals surface area contributed by atoms with Crippen molar-refractivity contribution < 1.29 is 14.4 Å². The number of nitrogens with zero attached hydrogens (tertiary/aromatic N) is 2. The van der Waals surface area contributed by atoms with E-state index in [1.165, 1.54) is 12.1 Å². The highest BCUT2D eigenvalue weighted by molar-refractivity contribution is 5.89. The van der Waals surface area contributed by atoms with E-state index in [-0.39, 0.29) is 5.56 Å². The van der Waals surface area contributed by atoms with E-state index in [1.807, 2.05) is 0 Å². The standard InChI is InChI=1S/C13H14N2O3/c1-8(2)6-11-14-12(15-18-11)9-4-3-5-10(7-9)13(16)17/h3-5,7-8H,6H2,1-2H3,(H,16,17). The molecule has 2 aromatic rings. The maximum atomic E-state index is 10.9. The molecular weight excluding hydrogens is 232 g/mol. The molecule has 0 bridgehead atoms. The molecule has 0 aliphatic carbocycles. The molecule has 0 unspecified atom stereocenters. The first-order chi connectivity index (χ1) is 8.56. The molecule has 0 radical (unpaired) electrons. The fourth-order valence-corrected chi connectivity index (χ4v) is 1.60. The number of aromatic carboxylic acids is 1. The molecular formula is C13H14N2O3. The molecule has 0 saturated heterocycles. The summed E-state index contributed by atoms with van der Waals surface area (Å²) >= 11 is 0. The monoisotopic (exact) mass is 246 g/mol. The largest absolute Gasteiger partial charge is 0.478 e. The van der Waals surface area contributed by atoms with Crippen molar-refractivity contribution in [3.63, 3.8) is 0 Å². The number of carboxylic acid groups (broad SMARTS) is 1. The van der Waals surface area contributed by atoms with E-state index in [4.69, 9.17) is 9.63 Å². The lowest BCUT2D eigenvalue weighted by Crippen LogP contribution is -1.96. The van der Waals surface area contributed by atoms with Crippen molar-refractivity contribution >= 4 is 5.97 Å². The van der Waals surface area contributed by atoms with Crippen LogP contribution in [0.25, 0.3) is 11.4 Å². The zero-order chi connectivity index (χ0) is 13.1. The van der Waals surface area contributed by atoms with Crippen LogP contribution in [0.5, 0.6) is 0 Å². The van der Waals surface area contributed by atoms with Crippen LogP contribution < -0.4 is 0 Å². The van der Waals surface area contributed by atoms with Crippen molar-refractivity contribution in [2.75, 3.05) is 0 Å². The summed E-state index contributed by atoms with van der Waals surface area (Å²) in [7, 11) is 0. The van der Waals surface area contributed by atoms with Gasteiger partial charge in [0, 0.05) is 12.0 Å². The lowest BCUT2D eigenvalue weighted by molar-refractivity contribution is 0.0697. The summed E-state index contributed by atoms with van der Waals surface area (Å²) in [6.45, 7) is 4.13. The average molecular weight is 246 g/mol. The molecule has 18 heavy (non-hydrogen) atoms. The molecule has 5 nitrogen and oxygen atoms in total. The van der Waals surface area contributed by atoms with Gasteiger partial charge in [0.05, 0.1) is 5.56 Å². The quantitative estimate of drug-likeness (QED) is 0.897. The Balaban J connectivity index is 2.28. The predicted octanol–water partition coefficient (Wildman–Crippen LogP) is 2.63. The Bertz CT molecular complexity index is 561. The van der Waals surface area contributed by atoms with E-state index >= 15 is 0 Å². The Morgan fingerprint density at radius 2 is 2.22 bits per heavy atom. The molecule has 5 heteroatoms. The van der Waals surface area contributed by atoms with Crippen molar-refractivity contribution in [1.29, 1.82) is 0 Å². The second-order valence-corrected chi connectivity index (χ2v) is 4.50. The number of carboxylic acids is 1. The Labute approximate surface area is 104 Å². The van der Waals surface area contributed by atoms with Gasteiger partial charge in [0.2, 0.25) is 11.7 Å². The Hall–Kier alpha value is -2.17. The molecule has 1 N–H and O–H groups in total. The van der Waals surface area contributed by atoms with Crippen LogP contribution in [0.3, 0.4) is 0 Å². The maximum Gasteiger partial charge on any atom is 0.335 e. The average Bonchev–Trinajstić information content (AvgIpc) is 2.77. The van der Waals surface area contributed by atoms with Crippen LogP contribution in [0, 0.1) is 5.92 Å². The van der Waals surface area contributed by atoms with Gasteiger partial charge in [0.1, 0.15) is 0 Å². The fourth-order valence-electron chi connectivity index (χ4n) is 1.60. The number of carbonyl (C=O) groups is 1. The number of aromatic nitrogens is 2. The molecule has 0 aliphatic rings. The molecule has 0 fully saturated rings. The summed E-state index contributed by atoms with van der Waals surface area (Å²) in [4.78, 5) is 15.1. The van der Waals surface area contributed by atoms with Gasteiger partial charge in [-0.2, -0.15) is 4.98 Å². The molecule has 1 aromatic carbocycles. The minimum atomic E-state index is -0.970. The van der Waals surface area contributed by atoms with Gasteiger partial charge >= 0.3 is 5.97 Å². The van der Waals surface area contributed by atoms with Gasteiger partial charge in [-0.15, -0.1) is 0 Å². The van der Waals surface area contributed by atoms with Gasteiger partial charge in [-0.25, -0.2) is 4.79 Å². The third-order valence-corrected chi connectivity index (χ3v) is 2.42. The highest BCUT2D eigenvalue weighted by Gasteiger charge is 2.11. The van der Waals surface area contributed by atoms with Gasteiger partial charge < -0.3 is 9.63 Å². The lowest BCUT2D eigenvalue weighted by atomic mass is 10.1. The molecule has 1 aromatic heterocycles. The van der Waals surface area contributed by atoms with Crippen molar-refractivity contribution in [3.05, 3.63) is 35.7 Å². The van der Waals surface area contributed by atoms with Gasteiger partial charge in [-0.3, -0.25) is 0 Å². The maximum absolute atomic E-state index is 10.9. The van der Waals surface area contributed by atoms with Gasteiger partial charge in [0.25, 0.3) is 0 Å². The molecule has 0 spiro atoms. The summed E-state index contributed by atoms with van der Waals surface area (Å²) in [5.41, 5.74) is 0.858. The van der Waals surface area contributed by atoms with Crippen LogP contribution in [0.2, 0.25) is 0 Å². The predicted molar refractivity (Wildman–Crippen MR) is 65.2 cm³/mol. The Kier molecular flexibility index (Phi) is 3.41. The fraction of sp³-hybridized carbons (Fsp3) is 0.308. The highest BCUT2D eigenvalue weighted by Crippen LogP contribution is 2.18. The smallest absolute Gasteiger partial charge is 0.335 e. The van der Waals surface area contributed by atoms with Crippen LogP contribution >= 0.6 is 0 Å². The normalized spacial score (nSPS) is 10.8. The highest BCUT2D eigenvalue weighted by atomic mass is 16.5. The van der Waals surface area contributed by atoms with Crippen LogP contribution in [0.15, 0.2) is 28.8 Å². The lowest BCUT2D eigenvalue weighted by Gasteiger charge is -1.97. The Morgan fingerprint density at radius 3 is 2.89 bits per heavy atom. The van der Waals surface area contributed by atoms with E-state index in [0.29, 0.717) is 29.6 Å². The third-order valence-electron chi connectivity index (χ3n) is 2.42. The minimum Gasteiger partial charge on any atom is -0.478 e.